The van der Waals surface area contributed by atoms with Crippen LogP contribution in [0, 0.1) is 0 Å². The minimum Gasteiger partial charge on any atom is -0.357 e. The molecule has 1 aliphatic heterocycles. The summed E-state index contributed by atoms with van der Waals surface area (Å²) in [5, 5.41) is 9.15. The molecule has 26 heavy (non-hydrogen) atoms. The molecular weight excluding hydrogens is 457 g/mol. The number of hydrogen-bond donors (Lipinski definition) is 2. The summed E-state index contributed by atoms with van der Waals surface area (Å²) in [5.41, 5.74) is 0.0461. The number of aliphatic imine (C=N–C) groups is 1. The Morgan fingerprint density at radius 1 is 1.31 bits per heavy atom. The van der Waals surface area contributed by atoms with E-state index in [0.29, 0.717) is 6.04 Å². The Balaban J connectivity index is 0.00000338. The number of hydrogen-bond acceptors (Lipinski definition) is 4. The Labute approximate surface area is 180 Å². The lowest BCUT2D eigenvalue weighted by Gasteiger charge is -2.31. The van der Waals surface area contributed by atoms with Gasteiger partial charge in [0.2, 0.25) is 0 Å². The van der Waals surface area contributed by atoms with E-state index in [0.717, 1.165) is 25.6 Å². The van der Waals surface area contributed by atoms with Crippen molar-refractivity contribution in [1.82, 2.24) is 20.4 Å². The van der Waals surface area contributed by atoms with E-state index in [9.17, 15) is 0 Å². The van der Waals surface area contributed by atoms with E-state index >= 15 is 0 Å². The summed E-state index contributed by atoms with van der Waals surface area (Å²) in [5.74, 6) is 0.915. The largest absolute Gasteiger partial charge is 0.357 e. The number of likely N-dealkylation sites (tertiary alicyclic amines) is 1. The van der Waals surface area contributed by atoms with Crippen molar-refractivity contribution in [2.45, 2.75) is 45.2 Å². The molecule has 7 heteroatoms. The molecule has 0 spiro atoms. The Morgan fingerprint density at radius 2 is 2.00 bits per heavy atom. The fraction of sp³-hybridized carbons (Fsp3) is 0.737. The molecule has 0 aliphatic carbocycles. The summed E-state index contributed by atoms with van der Waals surface area (Å²) in [6.07, 6.45) is 2.63. The normalized spacial score (nSPS) is 17.2. The van der Waals surface area contributed by atoms with Gasteiger partial charge in [-0.05, 0) is 72.2 Å². The zero-order valence-corrected chi connectivity index (χ0v) is 20.1. The first kappa shape index (κ1) is 23.7. The molecular formula is C19H36IN5S. The third-order valence-electron chi connectivity index (χ3n) is 5.09. The van der Waals surface area contributed by atoms with Crippen LogP contribution in [-0.4, -0.2) is 68.1 Å². The van der Waals surface area contributed by atoms with Gasteiger partial charge in [-0.3, -0.25) is 9.89 Å². The highest BCUT2D eigenvalue weighted by molar-refractivity contribution is 14.0. The standard InChI is InChI=1S/C19H35N5S.HI/c1-6-20-18(22-15-19(2,3)23(4)5)21-14-16(17-10-9-13-25-17)24-11-7-8-12-24;/h9-10,13,16H,6-8,11-12,14-15H2,1-5H3,(H2,20,21,22);1H. The summed E-state index contributed by atoms with van der Waals surface area (Å²) < 4.78 is 0. The van der Waals surface area contributed by atoms with Crippen molar-refractivity contribution < 1.29 is 0 Å². The van der Waals surface area contributed by atoms with Crippen molar-refractivity contribution in [1.29, 1.82) is 0 Å². The van der Waals surface area contributed by atoms with Gasteiger partial charge in [0, 0.05) is 23.5 Å². The van der Waals surface area contributed by atoms with Crippen molar-refractivity contribution in [3.63, 3.8) is 0 Å². The summed E-state index contributed by atoms with van der Waals surface area (Å²) in [4.78, 5) is 11.1. The summed E-state index contributed by atoms with van der Waals surface area (Å²) in [6, 6.07) is 4.85. The molecule has 2 rings (SSSR count). The molecule has 2 heterocycles. The van der Waals surface area contributed by atoms with Crippen LogP contribution in [-0.2, 0) is 0 Å². The minimum atomic E-state index is 0. The number of nitrogens with one attached hydrogen (secondary N) is 2. The second kappa shape index (κ2) is 11.5. The van der Waals surface area contributed by atoms with Crippen LogP contribution in [0.2, 0.25) is 0 Å². The molecule has 0 aromatic carbocycles. The minimum absolute atomic E-state index is 0. The summed E-state index contributed by atoms with van der Waals surface area (Å²) in [6.45, 7) is 11.5. The van der Waals surface area contributed by atoms with Crippen LogP contribution in [0.25, 0.3) is 0 Å². The first-order chi connectivity index (χ1) is 11.9. The van der Waals surface area contributed by atoms with Gasteiger partial charge in [-0.15, -0.1) is 35.3 Å². The Bertz CT molecular complexity index is 524. The predicted octanol–water partition coefficient (Wildman–Crippen LogP) is 3.40. The number of likely N-dealkylation sites (N-methyl/N-ethyl adjacent to an activating group) is 1. The maximum Gasteiger partial charge on any atom is 0.191 e. The van der Waals surface area contributed by atoms with Crippen LogP contribution in [0.1, 0.15) is 44.5 Å². The molecule has 0 amide bonds. The van der Waals surface area contributed by atoms with Gasteiger partial charge in [0.1, 0.15) is 0 Å². The fourth-order valence-corrected chi connectivity index (χ4v) is 3.75. The molecule has 0 radical (unpaired) electrons. The van der Waals surface area contributed by atoms with Gasteiger partial charge in [0.25, 0.3) is 0 Å². The molecule has 1 aromatic heterocycles. The van der Waals surface area contributed by atoms with Crippen LogP contribution >= 0.6 is 35.3 Å². The van der Waals surface area contributed by atoms with Crippen molar-refractivity contribution >= 4 is 41.3 Å². The van der Waals surface area contributed by atoms with Gasteiger partial charge < -0.3 is 15.5 Å². The molecule has 1 aromatic rings. The van der Waals surface area contributed by atoms with Crippen molar-refractivity contribution in [2.24, 2.45) is 4.99 Å². The quantitative estimate of drug-likeness (QED) is 0.331. The van der Waals surface area contributed by atoms with E-state index < -0.39 is 0 Å². The Kier molecular flexibility index (Phi) is 10.4. The topological polar surface area (TPSA) is 42.9 Å². The van der Waals surface area contributed by atoms with Crippen molar-refractivity contribution in [3.8, 4) is 0 Å². The highest BCUT2D eigenvalue weighted by Gasteiger charge is 2.25. The maximum atomic E-state index is 4.82. The van der Waals surface area contributed by atoms with Crippen LogP contribution in [0.15, 0.2) is 22.5 Å². The molecule has 2 N–H and O–H groups in total. The highest BCUT2D eigenvalue weighted by Crippen LogP contribution is 2.27. The van der Waals surface area contributed by atoms with Crippen molar-refractivity contribution in [3.05, 3.63) is 22.4 Å². The number of thiophene rings is 1. The monoisotopic (exact) mass is 493 g/mol. The zero-order chi connectivity index (χ0) is 18.3. The fourth-order valence-electron chi connectivity index (χ4n) is 2.89. The summed E-state index contributed by atoms with van der Waals surface area (Å²) >= 11 is 1.86. The maximum absolute atomic E-state index is 4.82. The first-order valence-corrected chi connectivity index (χ1v) is 10.3. The summed E-state index contributed by atoms with van der Waals surface area (Å²) in [7, 11) is 4.21. The van der Waals surface area contributed by atoms with Gasteiger partial charge in [-0.25, -0.2) is 0 Å². The molecule has 1 aliphatic rings. The third kappa shape index (κ3) is 6.98. The van der Waals surface area contributed by atoms with E-state index in [4.69, 9.17) is 4.99 Å². The van der Waals surface area contributed by atoms with E-state index in [1.807, 2.05) is 11.3 Å². The average Bonchev–Trinajstić information content (AvgIpc) is 3.26. The predicted molar refractivity (Wildman–Crippen MR) is 125 cm³/mol. The molecule has 1 unspecified atom stereocenters. The first-order valence-electron chi connectivity index (χ1n) is 9.41. The van der Waals surface area contributed by atoms with Crippen LogP contribution in [0.4, 0.5) is 0 Å². The second-order valence-electron chi connectivity index (χ2n) is 7.56. The molecule has 0 bridgehead atoms. The van der Waals surface area contributed by atoms with Gasteiger partial charge in [-0.1, -0.05) is 6.07 Å². The van der Waals surface area contributed by atoms with Gasteiger partial charge in [-0.2, -0.15) is 0 Å². The molecule has 0 saturated carbocycles. The number of rotatable bonds is 8. The molecule has 1 fully saturated rings. The lowest BCUT2D eigenvalue weighted by atomic mass is 10.1. The Hall–Kier alpha value is -0.380. The number of guanidine groups is 1. The SMILES string of the molecule is CCNC(=NCC(C)(C)N(C)C)NCC(c1cccs1)N1CCCC1.I. The zero-order valence-electron chi connectivity index (χ0n) is 16.9. The Morgan fingerprint density at radius 3 is 2.54 bits per heavy atom. The van der Waals surface area contributed by atoms with Gasteiger partial charge in [0.15, 0.2) is 5.96 Å². The lowest BCUT2D eigenvalue weighted by molar-refractivity contribution is 0.204. The number of halogens is 1. The van der Waals surface area contributed by atoms with Crippen LogP contribution < -0.4 is 10.6 Å². The van der Waals surface area contributed by atoms with E-state index in [1.54, 1.807) is 0 Å². The molecule has 150 valence electrons. The van der Waals surface area contributed by atoms with Crippen LogP contribution in [0.3, 0.4) is 0 Å². The van der Waals surface area contributed by atoms with Gasteiger partial charge >= 0.3 is 0 Å². The average molecular weight is 494 g/mol. The van der Waals surface area contributed by atoms with E-state index in [-0.39, 0.29) is 29.5 Å². The van der Waals surface area contributed by atoms with Crippen molar-refractivity contribution in [2.75, 3.05) is 46.8 Å². The third-order valence-corrected chi connectivity index (χ3v) is 6.07. The van der Waals surface area contributed by atoms with Crippen LogP contribution in [0.5, 0.6) is 0 Å². The lowest BCUT2D eigenvalue weighted by Crippen LogP contribution is -2.45. The molecule has 1 saturated heterocycles. The molecule has 5 nitrogen and oxygen atoms in total. The van der Waals surface area contributed by atoms with E-state index in [1.165, 1.54) is 30.8 Å². The second-order valence-corrected chi connectivity index (χ2v) is 8.54. The molecule has 1 atom stereocenters. The number of nitrogens with zero attached hydrogens (tertiary/aromatic N) is 3. The smallest absolute Gasteiger partial charge is 0.191 e. The van der Waals surface area contributed by atoms with E-state index in [2.05, 4.69) is 72.8 Å². The highest BCUT2D eigenvalue weighted by atomic mass is 127. The van der Waals surface area contributed by atoms with Gasteiger partial charge in [0.05, 0.1) is 12.6 Å².